The van der Waals surface area contributed by atoms with Gasteiger partial charge in [-0.05, 0) is 77.4 Å². The van der Waals surface area contributed by atoms with E-state index in [2.05, 4.69) is 61.2 Å². The molecule has 1 saturated heterocycles. The quantitative estimate of drug-likeness (QED) is 0.174. The highest BCUT2D eigenvalue weighted by Gasteiger charge is 2.61. The SMILES string of the molecule is O=C1[C@@H]2C3c4ccccc4C(c4ccccc43)[C@@H]2C(=O)N1/N=C\c1cc(Br)c(OCc2ccccc2)c(Br)c1. The number of hydrazone groups is 1. The van der Waals surface area contributed by atoms with Crippen LogP contribution >= 0.6 is 31.9 Å². The average molecular weight is 642 g/mol. The first kappa shape index (κ1) is 24.5. The van der Waals surface area contributed by atoms with Crippen LogP contribution in [0.3, 0.4) is 0 Å². The van der Waals surface area contributed by atoms with Crippen molar-refractivity contribution >= 4 is 49.9 Å². The molecule has 4 aromatic rings. The molecule has 4 aromatic carbocycles. The maximum atomic E-state index is 13.7. The minimum atomic E-state index is -0.448. The molecule has 2 atom stereocenters. The smallest absolute Gasteiger partial charge is 0.254 e. The highest BCUT2D eigenvalue weighted by molar-refractivity contribution is 9.11. The molecule has 1 fully saturated rings. The van der Waals surface area contributed by atoms with Gasteiger partial charge in [0.1, 0.15) is 12.4 Å². The Morgan fingerprint density at radius 2 is 1.18 bits per heavy atom. The number of hydrogen-bond acceptors (Lipinski definition) is 4. The minimum Gasteiger partial charge on any atom is -0.487 e. The fourth-order valence-corrected chi connectivity index (χ4v) is 7.87. The highest BCUT2D eigenvalue weighted by atomic mass is 79.9. The van der Waals surface area contributed by atoms with E-state index in [1.54, 1.807) is 6.21 Å². The lowest BCUT2D eigenvalue weighted by Gasteiger charge is -2.45. The molecule has 192 valence electrons. The molecule has 0 aromatic heterocycles. The molecular formula is C32H22Br2N2O3. The van der Waals surface area contributed by atoms with E-state index < -0.39 is 11.8 Å². The third-order valence-corrected chi connectivity index (χ3v) is 9.17. The molecule has 2 bridgehead atoms. The molecule has 0 radical (unpaired) electrons. The topological polar surface area (TPSA) is 59.0 Å². The molecule has 7 heteroatoms. The van der Waals surface area contributed by atoms with Crippen molar-refractivity contribution in [3.05, 3.63) is 133 Å². The Bertz CT molecular complexity index is 1530. The van der Waals surface area contributed by atoms with E-state index in [4.69, 9.17) is 4.74 Å². The Morgan fingerprint density at radius 1 is 0.718 bits per heavy atom. The van der Waals surface area contributed by atoms with Gasteiger partial charge < -0.3 is 4.74 Å². The molecule has 5 nitrogen and oxygen atoms in total. The van der Waals surface area contributed by atoms with Crippen molar-refractivity contribution < 1.29 is 14.3 Å². The van der Waals surface area contributed by atoms with Crippen molar-refractivity contribution in [1.82, 2.24) is 5.01 Å². The first-order valence-corrected chi connectivity index (χ1v) is 14.4. The Hall–Kier alpha value is -3.55. The van der Waals surface area contributed by atoms with Gasteiger partial charge in [0.2, 0.25) is 0 Å². The summed E-state index contributed by atoms with van der Waals surface area (Å²) in [7, 11) is 0. The van der Waals surface area contributed by atoms with E-state index in [1.165, 1.54) is 0 Å². The van der Waals surface area contributed by atoms with Gasteiger partial charge in [-0.15, -0.1) is 0 Å². The van der Waals surface area contributed by atoms with Gasteiger partial charge in [-0.25, -0.2) is 0 Å². The number of imide groups is 1. The Balaban J connectivity index is 1.17. The van der Waals surface area contributed by atoms with Crippen molar-refractivity contribution in [2.45, 2.75) is 18.4 Å². The number of halogens is 2. The molecule has 39 heavy (non-hydrogen) atoms. The van der Waals surface area contributed by atoms with E-state index in [0.29, 0.717) is 12.4 Å². The lowest BCUT2D eigenvalue weighted by atomic mass is 9.55. The number of carbonyl (C=O) groups is 2. The van der Waals surface area contributed by atoms with E-state index in [0.717, 1.165) is 47.3 Å². The van der Waals surface area contributed by atoms with E-state index in [-0.39, 0.29) is 23.7 Å². The van der Waals surface area contributed by atoms with Gasteiger partial charge in [0.05, 0.1) is 27.0 Å². The predicted molar refractivity (Wildman–Crippen MR) is 156 cm³/mol. The molecule has 1 heterocycles. The molecule has 4 aliphatic rings. The molecule has 8 rings (SSSR count). The van der Waals surface area contributed by atoms with Crippen LogP contribution in [-0.2, 0) is 16.2 Å². The summed E-state index contributed by atoms with van der Waals surface area (Å²) in [6, 6.07) is 30.1. The zero-order valence-electron chi connectivity index (χ0n) is 20.6. The number of ether oxygens (including phenoxy) is 1. The van der Waals surface area contributed by atoms with Crippen LogP contribution in [0.25, 0.3) is 0 Å². The van der Waals surface area contributed by atoms with Crippen LogP contribution in [0.4, 0.5) is 0 Å². The largest absolute Gasteiger partial charge is 0.487 e. The normalized spacial score (nSPS) is 22.7. The second kappa shape index (κ2) is 9.57. The maximum absolute atomic E-state index is 13.7. The summed E-state index contributed by atoms with van der Waals surface area (Å²) in [5, 5.41) is 5.53. The Labute approximate surface area is 242 Å². The number of carbonyl (C=O) groups excluding carboxylic acids is 2. The van der Waals surface area contributed by atoms with E-state index in [1.807, 2.05) is 66.7 Å². The third kappa shape index (κ3) is 3.90. The summed E-state index contributed by atoms with van der Waals surface area (Å²) in [6.07, 6.45) is 1.56. The number of nitrogens with zero attached hydrogens (tertiary/aromatic N) is 2. The van der Waals surface area contributed by atoms with Crippen molar-refractivity contribution in [3.8, 4) is 5.75 Å². The summed E-state index contributed by atoms with van der Waals surface area (Å²) >= 11 is 7.18. The summed E-state index contributed by atoms with van der Waals surface area (Å²) in [5.41, 5.74) is 6.38. The van der Waals surface area contributed by atoms with Gasteiger partial charge in [-0.3, -0.25) is 9.59 Å². The Kier molecular flexibility index (Phi) is 6.01. The van der Waals surface area contributed by atoms with Crippen molar-refractivity contribution in [2.24, 2.45) is 16.9 Å². The molecule has 2 amide bonds. The first-order chi connectivity index (χ1) is 19.0. The van der Waals surface area contributed by atoms with E-state index >= 15 is 0 Å². The summed E-state index contributed by atoms with van der Waals surface area (Å²) < 4.78 is 7.50. The number of benzene rings is 4. The molecule has 0 N–H and O–H groups in total. The van der Waals surface area contributed by atoms with Crippen molar-refractivity contribution in [2.75, 3.05) is 0 Å². The highest BCUT2D eigenvalue weighted by Crippen LogP contribution is 2.61. The lowest BCUT2D eigenvalue weighted by Crippen LogP contribution is -2.41. The molecule has 0 unspecified atom stereocenters. The zero-order valence-corrected chi connectivity index (χ0v) is 23.8. The van der Waals surface area contributed by atoms with Crippen LogP contribution in [0.1, 0.15) is 45.2 Å². The number of amides is 2. The fourth-order valence-electron chi connectivity index (χ4n) is 6.42. The second-order valence-corrected chi connectivity index (χ2v) is 11.8. The minimum absolute atomic E-state index is 0.145. The first-order valence-electron chi connectivity index (χ1n) is 12.8. The van der Waals surface area contributed by atoms with Gasteiger partial charge in [0, 0.05) is 11.8 Å². The molecular weight excluding hydrogens is 620 g/mol. The van der Waals surface area contributed by atoms with Crippen LogP contribution in [0.15, 0.2) is 105 Å². The second-order valence-electron chi connectivity index (χ2n) is 10.1. The summed E-state index contributed by atoms with van der Waals surface area (Å²) in [6.45, 7) is 0.429. The maximum Gasteiger partial charge on any atom is 0.254 e. The Morgan fingerprint density at radius 3 is 1.67 bits per heavy atom. The summed E-state index contributed by atoms with van der Waals surface area (Å²) in [4.78, 5) is 27.5. The molecule has 1 aliphatic heterocycles. The van der Waals surface area contributed by atoms with Gasteiger partial charge >= 0.3 is 0 Å². The molecule has 3 aliphatic carbocycles. The van der Waals surface area contributed by atoms with Crippen LogP contribution in [0, 0.1) is 11.8 Å². The predicted octanol–water partition coefficient (Wildman–Crippen LogP) is 7.02. The summed E-state index contributed by atoms with van der Waals surface area (Å²) in [5.74, 6) is -0.986. The monoisotopic (exact) mass is 640 g/mol. The number of rotatable bonds is 5. The van der Waals surface area contributed by atoms with Crippen LogP contribution < -0.4 is 4.74 Å². The zero-order chi connectivity index (χ0) is 26.7. The fraction of sp³-hybridized carbons (Fsp3) is 0.156. The molecule has 0 spiro atoms. The van der Waals surface area contributed by atoms with Gasteiger partial charge in [0.15, 0.2) is 0 Å². The average Bonchev–Trinajstić information content (AvgIpc) is 3.21. The third-order valence-electron chi connectivity index (χ3n) is 7.99. The van der Waals surface area contributed by atoms with Crippen molar-refractivity contribution in [1.29, 1.82) is 0 Å². The van der Waals surface area contributed by atoms with E-state index in [9.17, 15) is 9.59 Å². The molecule has 0 saturated carbocycles. The van der Waals surface area contributed by atoms with Gasteiger partial charge in [0.25, 0.3) is 11.8 Å². The standard InChI is InChI=1S/C32H22Br2N2O3/c33-24-14-19(15-25(34)30(24)39-17-18-8-2-1-3-9-18)16-35-36-31(37)28-26-20-10-4-5-11-21(20)27(29(28)32(36)38)23-13-7-6-12-22(23)26/h1-16,26-29H,17H2/b35-16-/t26?,27?,28-,29+. The van der Waals surface area contributed by atoms with Crippen LogP contribution in [-0.4, -0.2) is 23.0 Å². The van der Waals surface area contributed by atoms with Gasteiger partial charge in [-0.2, -0.15) is 10.1 Å². The van der Waals surface area contributed by atoms with Crippen LogP contribution in [0.5, 0.6) is 5.75 Å². The van der Waals surface area contributed by atoms with Crippen molar-refractivity contribution in [3.63, 3.8) is 0 Å². The number of hydrogen-bond donors (Lipinski definition) is 0. The lowest BCUT2D eigenvalue weighted by molar-refractivity contribution is -0.139. The van der Waals surface area contributed by atoms with Crippen LogP contribution in [0.2, 0.25) is 0 Å². The van der Waals surface area contributed by atoms with Gasteiger partial charge in [-0.1, -0.05) is 78.9 Å².